The lowest BCUT2D eigenvalue weighted by Gasteiger charge is -2.13. The van der Waals surface area contributed by atoms with Gasteiger partial charge in [-0.1, -0.05) is 30.3 Å². The molecule has 1 unspecified atom stereocenters. The first-order chi connectivity index (χ1) is 8.33. The van der Waals surface area contributed by atoms with Crippen LogP contribution in [-0.2, 0) is 9.53 Å². The monoisotopic (exact) mass is 251 g/mol. The predicted octanol–water partition coefficient (Wildman–Crippen LogP) is 2.63. The molecule has 1 aromatic heterocycles. The molecule has 0 N–H and O–H groups in total. The Morgan fingerprint density at radius 1 is 1.41 bits per heavy atom. The molecule has 1 atom stereocenters. The summed E-state index contributed by atoms with van der Waals surface area (Å²) in [5.74, 6) is -0.215. The second kappa shape index (κ2) is 5.50. The molecule has 1 heterocycles. The molecule has 1 aromatic carbocycles. The van der Waals surface area contributed by atoms with E-state index >= 15 is 0 Å². The van der Waals surface area contributed by atoms with Gasteiger partial charge in [-0.3, -0.25) is 4.79 Å². The van der Waals surface area contributed by atoms with Crippen LogP contribution in [0.15, 0.2) is 41.1 Å². The summed E-state index contributed by atoms with van der Waals surface area (Å²) in [6.45, 7) is 0.587. The van der Waals surface area contributed by atoms with Gasteiger partial charge in [0.05, 0.1) is 5.92 Å². The molecule has 0 aliphatic rings. The summed E-state index contributed by atoms with van der Waals surface area (Å²) < 4.78 is 9.77. The van der Waals surface area contributed by atoms with Gasteiger partial charge >= 0.3 is 0 Å². The first kappa shape index (κ1) is 11.7. The van der Waals surface area contributed by atoms with E-state index < -0.39 is 0 Å². The van der Waals surface area contributed by atoms with Gasteiger partial charge in [-0.25, -0.2) is 4.98 Å². The van der Waals surface area contributed by atoms with Gasteiger partial charge in [0.15, 0.2) is 6.39 Å². The minimum atomic E-state index is -0.215. The van der Waals surface area contributed by atoms with Gasteiger partial charge in [0.1, 0.15) is 12.3 Å². The van der Waals surface area contributed by atoms with E-state index in [1.807, 2.05) is 30.3 Å². The first-order valence-corrected chi connectivity index (χ1v) is 5.39. The van der Waals surface area contributed by atoms with Gasteiger partial charge in [-0.05, 0) is 17.2 Å². The van der Waals surface area contributed by atoms with Crippen molar-refractivity contribution in [1.29, 1.82) is 0 Å². The van der Waals surface area contributed by atoms with Gasteiger partial charge in [0.25, 0.3) is 6.47 Å². The van der Waals surface area contributed by atoms with E-state index in [9.17, 15) is 4.79 Å². The molecule has 0 saturated heterocycles. The molecule has 0 bridgehead atoms. The molecule has 0 radical (unpaired) electrons. The Morgan fingerprint density at radius 2 is 2.18 bits per heavy atom. The molecular formula is C12H10ClNO3. The normalized spacial score (nSPS) is 12.1. The van der Waals surface area contributed by atoms with E-state index in [1.165, 1.54) is 6.39 Å². The lowest BCUT2D eigenvalue weighted by atomic mass is 9.97. The van der Waals surface area contributed by atoms with Crippen molar-refractivity contribution in [3.63, 3.8) is 0 Å². The topological polar surface area (TPSA) is 52.3 Å². The van der Waals surface area contributed by atoms with Gasteiger partial charge in [0, 0.05) is 0 Å². The third kappa shape index (κ3) is 2.65. The van der Waals surface area contributed by atoms with Crippen molar-refractivity contribution in [2.45, 2.75) is 5.92 Å². The second-order valence-electron chi connectivity index (χ2n) is 3.40. The van der Waals surface area contributed by atoms with Crippen molar-refractivity contribution in [2.75, 3.05) is 6.61 Å². The Morgan fingerprint density at radius 3 is 2.76 bits per heavy atom. The number of hydrogen-bond donors (Lipinski definition) is 0. The quantitative estimate of drug-likeness (QED) is 0.767. The van der Waals surface area contributed by atoms with Crippen molar-refractivity contribution in [3.8, 4) is 0 Å². The Bertz CT molecular complexity index is 484. The molecule has 0 fully saturated rings. The van der Waals surface area contributed by atoms with Crippen LogP contribution in [0.2, 0.25) is 5.22 Å². The summed E-state index contributed by atoms with van der Waals surface area (Å²) in [6.07, 6.45) is 1.27. The van der Waals surface area contributed by atoms with Crippen molar-refractivity contribution < 1.29 is 13.9 Å². The zero-order valence-electron chi connectivity index (χ0n) is 8.88. The number of rotatable bonds is 5. The Hall–Kier alpha value is -1.81. The largest absolute Gasteiger partial charge is 0.467 e. The number of hydrogen-bond acceptors (Lipinski definition) is 4. The van der Waals surface area contributed by atoms with Gasteiger partial charge in [-0.2, -0.15) is 0 Å². The number of halogens is 1. The number of ether oxygens (including phenoxy) is 1. The summed E-state index contributed by atoms with van der Waals surface area (Å²) in [4.78, 5) is 14.3. The summed E-state index contributed by atoms with van der Waals surface area (Å²) in [6, 6.07) is 9.55. The number of aromatic nitrogens is 1. The van der Waals surface area contributed by atoms with Crippen molar-refractivity contribution in [3.05, 3.63) is 53.2 Å². The van der Waals surface area contributed by atoms with Gasteiger partial charge in [0.2, 0.25) is 5.22 Å². The highest BCUT2D eigenvalue weighted by Crippen LogP contribution is 2.29. The minimum Gasteiger partial charge on any atom is -0.467 e. The Kier molecular flexibility index (Phi) is 3.77. The van der Waals surface area contributed by atoms with Crippen molar-refractivity contribution in [2.24, 2.45) is 0 Å². The molecule has 17 heavy (non-hydrogen) atoms. The van der Waals surface area contributed by atoms with E-state index in [2.05, 4.69) is 4.98 Å². The number of nitrogens with zero attached hydrogens (tertiary/aromatic N) is 1. The fourth-order valence-electron chi connectivity index (χ4n) is 1.62. The molecule has 2 rings (SSSR count). The predicted molar refractivity (Wildman–Crippen MR) is 61.8 cm³/mol. The molecule has 5 heteroatoms. The molecule has 88 valence electrons. The van der Waals surface area contributed by atoms with E-state index in [0.29, 0.717) is 12.2 Å². The third-order valence-corrected chi connectivity index (χ3v) is 2.69. The van der Waals surface area contributed by atoms with E-state index in [1.54, 1.807) is 0 Å². The highest BCUT2D eigenvalue weighted by Gasteiger charge is 2.21. The molecule has 0 amide bonds. The average Bonchev–Trinajstić information content (AvgIpc) is 2.78. The highest BCUT2D eigenvalue weighted by molar-refractivity contribution is 6.29. The number of carbonyl (C=O) groups is 1. The van der Waals surface area contributed by atoms with Crippen molar-refractivity contribution >= 4 is 18.1 Å². The average molecular weight is 252 g/mol. The molecule has 2 aromatic rings. The summed E-state index contributed by atoms with van der Waals surface area (Å²) in [5, 5.41) is 0.216. The number of oxazole rings is 1. The van der Waals surface area contributed by atoms with Gasteiger partial charge < -0.3 is 9.15 Å². The second-order valence-corrected chi connectivity index (χ2v) is 3.75. The van der Waals surface area contributed by atoms with Crippen molar-refractivity contribution in [1.82, 2.24) is 4.98 Å². The van der Waals surface area contributed by atoms with Crippen LogP contribution in [-0.4, -0.2) is 18.1 Å². The molecule has 4 nitrogen and oxygen atoms in total. The summed E-state index contributed by atoms with van der Waals surface area (Å²) in [7, 11) is 0. The molecular weight excluding hydrogens is 242 g/mol. The van der Waals surface area contributed by atoms with Crippen LogP contribution in [0.25, 0.3) is 0 Å². The highest BCUT2D eigenvalue weighted by atomic mass is 35.5. The van der Waals surface area contributed by atoms with Crippen LogP contribution < -0.4 is 0 Å². The molecule has 0 spiro atoms. The van der Waals surface area contributed by atoms with E-state index in [0.717, 1.165) is 5.56 Å². The third-order valence-electron chi connectivity index (χ3n) is 2.41. The van der Waals surface area contributed by atoms with Crippen LogP contribution in [0.4, 0.5) is 0 Å². The fraction of sp³-hybridized carbons (Fsp3) is 0.167. The zero-order chi connectivity index (χ0) is 12.1. The number of benzene rings is 1. The summed E-state index contributed by atoms with van der Waals surface area (Å²) in [5.41, 5.74) is 1.53. The molecule has 0 aliphatic carbocycles. The van der Waals surface area contributed by atoms with Crippen LogP contribution in [0.3, 0.4) is 0 Å². The summed E-state index contributed by atoms with van der Waals surface area (Å²) >= 11 is 5.89. The lowest BCUT2D eigenvalue weighted by molar-refractivity contribution is -0.128. The lowest BCUT2D eigenvalue weighted by Crippen LogP contribution is -2.10. The van der Waals surface area contributed by atoms with E-state index in [-0.39, 0.29) is 17.7 Å². The van der Waals surface area contributed by atoms with Gasteiger partial charge in [-0.15, -0.1) is 0 Å². The fourth-order valence-corrected chi connectivity index (χ4v) is 1.84. The Labute approximate surface area is 103 Å². The molecule has 0 aliphatic heterocycles. The van der Waals surface area contributed by atoms with E-state index in [4.69, 9.17) is 20.8 Å². The van der Waals surface area contributed by atoms with Crippen LogP contribution in [0.1, 0.15) is 17.2 Å². The maximum absolute atomic E-state index is 10.3. The standard InChI is InChI=1S/C12H10ClNO3/c13-12-11(14-7-17-12)10(6-16-8-15)9-4-2-1-3-5-9/h1-5,7-8,10H,6H2. The smallest absolute Gasteiger partial charge is 0.293 e. The number of carbonyl (C=O) groups excluding carboxylic acids is 1. The van der Waals surface area contributed by atoms with Crippen LogP contribution >= 0.6 is 11.6 Å². The maximum Gasteiger partial charge on any atom is 0.293 e. The molecule has 0 saturated carbocycles. The Balaban J connectivity index is 2.32. The SMILES string of the molecule is O=COCC(c1ccccc1)c1ncoc1Cl. The maximum atomic E-state index is 10.3. The minimum absolute atomic E-state index is 0.180. The first-order valence-electron chi connectivity index (χ1n) is 5.02. The van der Waals surface area contributed by atoms with Crippen LogP contribution in [0.5, 0.6) is 0 Å². The zero-order valence-corrected chi connectivity index (χ0v) is 9.63. The van der Waals surface area contributed by atoms with Crippen LogP contribution in [0, 0.1) is 0 Å².